The Morgan fingerprint density at radius 2 is 1.79 bits per heavy atom. The van der Waals surface area contributed by atoms with Gasteiger partial charge in [0, 0.05) is 31.4 Å². The first-order valence-corrected chi connectivity index (χ1v) is 11.8. The molecule has 0 saturated heterocycles. The Balaban J connectivity index is 1.42. The lowest BCUT2D eigenvalue weighted by Gasteiger charge is -2.29. The molecule has 0 aliphatic heterocycles. The zero-order valence-corrected chi connectivity index (χ0v) is 18.6. The lowest BCUT2D eigenvalue weighted by atomic mass is 9.85. The van der Waals surface area contributed by atoms with E-state index in [4.69, 9.17) is 5.10 Å². The fraction of sp³-hybridized carbons (Fsp3) is 0.682. The molecule has 1 N–H and O–H groups in total. The van der Waals surface area contributed by atoms with Gasteiger partial charge in [-0.2, -0.15) is 5.10 Å². The molecule has 0 atom stereocenters. The van der Waals surface area contributed by atoms with E-state index in [-0.39, 0.29) is 23.8 Å². The van der Waals surface area contributed by atoms with Gasteiger partial charge in [-0.05, 0) is 51.5 Å². The van der Waals surface area contributed by atoms with E-state index in [0.717, 1.165) is 46.5 Å². The van der Waals surface area contributed by atoms with E-state index < -0.39 is 0 Å². The van der Waals surface area contributed by atoms with Gasteiger partial charge in [0.25, 0.3) is 5.91 Å². The zero-order valence-electron chi connectivity index (χ0n) is 17.7. The van der Waals surface area contributed by atoms with Crippen molar-refractivity contribution < 1.29 is 9.59 Å². The molecule has 6 nitrogen and oxygen atoms in total. The zero-order chi connectivity index (χ0) is 20.5. The maximum atomic E-state index is 12.9. The molecular weight excluding hydrogens is 384 g/mol. The number of amides is 2. The van der Waals surface area contributed by atoms with Gasteiger partial charge in [0.1, 0.15) is 4.83 Å². The Hall–Kier alpha value is -1.89. The molecule has 2 amide bonds. The van der Waals surface area contributed by atoms with Gasteiger partial charge in [-0.15, -0.1) is 11.3 Å². The Morgan fingerprint density at radius 3 is 2.45 bits per heavy atom. The summed E-state index contributed by atoms with van der Waals surface area (Å²) >= 11 is 1.57. The highest BCUT2D eigenvalue weighted by Gasteiger charge is 2.29. The second kappa shape index (κ2) is 8.46. The molecule has 2 aliphatic carbocycles. The van der Waals surface area contributed by atoms with Crippen molar-refractivity contribution in [2.24, 2.45) is 5.92 Å². The van der Waals surface area contributed by atoms with Crippen molar-refractivity contribution >= 4 is 33.4 Å². The first-order valence-electron chi connectivity index (χ1n) is 10.9. The van der Waals surface area contributed by atoms with Crippen LogP contribution in [0, 0.1) is 12.8 Å². The molecule has 2 aromatic rings. The third-order valence-electron chi connectivity index (χ3n) is 6.56. The first kappa shape index (κ1) is 20.4. The molecule has 158 valence electrons. The number of nitrogens with zero attached hydrogens (tertiary/aromatic N) is 3. The minimum absolute atomic E-state index is 0.0168. The van der Waals surface area contributed by atoms with Crippen molar-refractivity contribution in [2.45, 2.75) is 76.8 Å². The van der Waals surface area contributed by atoms with E-state index in [1.807, 2.05) is 27.1 Å². The number of hydrogen-bond donors (Lipinski definition) is 1. The summed E-state index contributed by atoms with van der Waals surface area (Å²) in [7, 11) is 3.63. The molecule has 4 rings (SSSR count). The average molecular weight is 417 g/mol. The minimum Gasteiger partial charge on any atom is -0.349 e. The van der Waals surface area contributed by atoms with Crippen molar-refractivity contribution in [3.05, 3.63) is 16.6 Å². The van der Waals surface area contributed by atoms with Gasteiger partial charge in [0.15, 0.2) is 0 Å². The quantitative estimate of drug-likeness (QED) is 0.808. The minimum atomic E-state index is 0.0168. The topological polar surface area (TPSA) is 67.2 Å². The highest BCUT2D eigenvalue weighted by atomic mass is 32.1. The van der Waals surface area contributed by atoms with Gasteiger partial charge in [-0.1, -0.05) is 19.3 Å². The fourth-order valence-corrected chi connectivity index (χ4v) is 6.00. The van der Waals surface area contributed by atoms with Crippen molar-refractivity contribution in [3.8, 4) is 0 Å². The normalized spacial score (nSPS) is 23.3. The number of fused-ring (bicyclic) bond motifs is 1. The number of carbonyl (C=O) groups excluding carboxylic acids is 2. The van der Waals surface area contributed by atoms with Crippen LogP contribution in [0.2, 0.25) is 0 Å². The maximum absolute atomic E-state index is 12.9. The SMILES string of the molecule is Cc1nn(C2CCCCC2)c2sc(C(=O)N[C@H]3CC[C@H](C(=O)N(C)C)CC3)cc12. The highest BCUT2D eigenvalue weighted by Crippen LogP contribution is 2.35. The summed E-state index contributed by atoms with van der Waals surface area (Å²) in [4.78, 5) is 28.6. The Bertz CT molecular complexity index is 886. The maximum Gasteiger partial charge on any atom is 0.261 e. The summed E-state index contributed by atoms with van der Waals surface area (Å²) in [6, 6.07) is 2.65. The third-order valence-corrected chi connectivity index (χ3v) is 7.69. The van der Waals surface area contributed by atoms with Crippen LogP contribution in [0.4, 0.5) is 0 Å². The number of aryl methyl sites for hydroxylation is 1. The van der Waals surface area contributed by atoms with Crippen LogP contribution < -0.4 is 5.32 Å². The molecule has 2 fully saturated rings. The summed E-state index contributed by atoms with van der Waals surface area (Å²) in [5.41, 5.74) is 1.02. The monoisotopic (exact) mass is 416 g/mol. The van der Waals surface area contributed by atoms with E-state index in [1.54, 1.807) is 16.2 Å². The van der Waals surface area contributed by atoms with Crippen LogP contribution >= 0.6 is 11.3 Å². The predicted molar refractivity (Wildman–Crippen MR) is 116 cm³/mol. The smallest absolute Gasteiger partial charge is 0.261 e. The summed E-state index contributed by atoms with van der Waals surface area (Å²) in [6.07, 6.45) is 9.67. The number of carbonyl (C=O) groups is 2. The largest absolute Gasteiger partial charge is 0.349 e. The molecule has 0 radical (unpaired) electrons. The average Bonchev–Trinajstić information content (AvgIpc) is 3.29. The molecule has 2 aromatic heterocycles. The Morgan fingerprint density at radius 1 is 1.10 bits per heavy atom. The predicted octanol–water partition coefficient (Wildman–Crippen LogP) is 4.29. The summed E-state index contributed by atoms with van der Waals surface area (Å²) in [5.74, 6) is 0.330. The molecule has 7 heteroatoms. The molecule has 0 aromatic carbocycles. The van der Waals surface area contributed by atoms with E-state index in [0.29, 0.717) is 6.04 Å². The van der Waals surface area contributed by atoms with Crippen LogP contribution in [0.1, 0.15) is 79.2 Å². The number of hydrogen-bond acceptors (Lipinski definition) is 4. The van der Waals surface area contributed by atoms with Gasteiger partial charge in [-0.3, -0.25) is 14.3 Å². The molecule has 2 aliphatic rings. The van der Waals surface area contributed by atoms with Crippen LogP contribution in [0.5, 0.6) is 0 Å². The molecule has 0 unspecified atom stereocenters. The van der Waals surface area contributed by atoms with Gasteiger partial charge in [0.2, 0.25) is 5.91 Å². The van der Waals surface area contributed by atoms with Crippen molar-refractivity contribution in [1.82, 2.24) is 20.0 Å². The van der Waals surface area contributed by atoms with Crippen molar-refractivity contribution in [1.29, 1.82) is 0 Å². The number of nitrogens with one attached hydrogen (secondary N) is 1. The number of aromatic nitrogens is 2. The van der Waals surface area contributed by atoms with Crippen LogP contribution in [-0.2, 0) is 4.79 Å². The van der Waals surface area contributed by atoms with Crippen LogP contribution in [-0.4, -0.2) is 46.6 Å². The lowest BCUT2D eigenvalue weighted by Crippen LogP contribution is -2.40. The third kappa shape index (κ3) is 4.20. The second-order valence-electron chi connectivity index (χ2n) is 8.91. The molecule has 0 spiro atoms. The molecule has 2 saturated carbocycles. The molecule has 0 bridgehead atoms. The molecule has 29 heavy (non-hydrogen) atoms. The van der Waals surface area contributed by atoms with Gasteiger partial charge in [0.05, 0.1) is 16.6 Å². The van der Waals surface area contributed by atoms with Crippen LogP contribution in [0.25, 0.3) is 10.2 Å². The Kier molecular flexibility index (Phi) is 5.95. The standard InChI is InChI=1S/C22H32N4O2S/c1-14-18-13-19(29-22(18)26(24-14)17-7-5-4-6-8-17)20(27)23-16-11-9-15(10-12-16)21(28)25(2)3/h13,15-17H,4-12H2,1-3H3,(H,23,27)/t15-,16-. The lowest BCUT2D eigenvalue weighted by molar-refractivity contribution is -0.134. The van der Waals surface area contributed by atoms with Crippen molar-refractivity contribution in [2.75, 3.05) is 14.1 Å². The van der Waals surface area contributed by atoms with Gasteiger partial charge in [-0.25, -0.2) is 0 Å². The van der Waals surface area contributed by atoms with E-state index >= 15 is 0 Å². The Labute approximate surface area is 176 Å². The van der Waals surface area contributed by atoms with E-state index in [1.165, 1.54) is 32.1 Å². The first-order chi connectivity index (χ1) is 13.9. The summed E-state index contributed by atoms with van der Waals surface area (Å²) in [6.45, 7) is 2.04. The number of rotatable bonds is 4. The van der Waals surface area contributed by atoms with E-state index in [9.17, 15) is 9.59 Å². The summed E-state index contributed by atoms with van der Waals surface area (Å²) in [5, 5.41) is 9.11. The molecular formula is C22H32N4O2S. The molecule has 2 heterocycles. The van der Waals surface area contributed by atoms with Crippen molar-refractivity contribution in [3.63, 3.8) is 0 Å². The highest BCUT2D eigenvalue weighted by molar-refractivity contribution is 7.20. The van der Waals surface area contributed by atoms with Crippen LogP contribution in [0.3, 0.4) is 0 Å². The van der Waals surface area contributed by atoms with Gasteiger partial charge < -0.3 is 10.2 Å². The van der Waals surface area contributed by atoms with Gasteiger partial charge >= 0.3 is 0 Å². The summed E-state index contributed by atoms with van der Waals surface area (Å²) < 4.78 is 2.18. The fourth-order valence-electron chi connectivity index (χ4n) is 4.86. The second-order valence-corrected chi connectivity index (χ2v) is 9.94. The van der Waals surface area contributed by atoms with E-state index in [2.05, 4.69) is 10.00 Å². The van der Waals surface area contributed by atoms with Crippen LogP contribution in [0.15, 0.2) is 6.07 Å². The number of thiophene rings is 1.